The summed E-state index contributed by atoms with van der Waals surface area (Å²) in [7, 11) is 1.89. The summed E-state index contributed by atoms with van der Waals surface area (Å²) in [5.74, 6) is 1.29. The van der Waals surface area contributed by atoms with Gasteiger partial charge in [0.25, 0.3) is 11.8 Å². The van der Waals surface area contributed by atoms with Crippen molar-refractivity contribution in [2.75, 3.05) is 26.3 Å². The van der Waals surface area contributed by atoms with Crippen molar-refractivity contribution in [1.29, 1.82) is 0 Å². The Morgan fingerprint density at radius 2 is 1.89 bits per heavy atom. The van der Waals surface area contributed by atoms with Crippen molar-refractivity contribution in [2.24, 2.45) is 7.05 Å². The van der Waals surface area contributed by atoms with Gasteiger partial charge >= 0.3 is 0 Å². The third-order valence-corrected chi connectivity index (χ3v) is 7.58. The summed E-state index contributed by atoms with van der Waals surface area (Å²) >= 11 is 0. The highest BCUT2D eigenvalue weighted by molar-refractivity contribution is 5.95. The van der Waals surface area contributed by atoms with Gasteiger partial charge in [-0.25, -0.2) is 0 Å². The number of fused-ring (bicyclic) bond motifs is 9. The van der Waals surface area contributed by atoms with Gasteiger partial charge in [0.1, 0.15) is 17.2 Å². The molecule has 3 aromatic rings. The van der Waals surface area contributed by atoms with Gasteiger partial charge in [0.2, 0.25) is 0 Å². The second-order valence-corrected chi connectivity index (χ2v) is 10.0. The number of nitrogens with zero attached hydrogens (tertiary/aromatic N) is 3. The van der Waals surface area contributed by atoms with Crippen molar-refractivity contribution >= 4 is 11.8 Å². The largest absolute Gasteiger partial charge is 0.494 e. The number of hydrogen-bond acceptors (Lipinski definition) is 5. The molecule has 1 aliphatic carbocycles. The number of benzene rings is 2. The Bertz CT molecular complexity index is 1350. The average Bonchev–Trinajstić information content (AvgIpc) is 3.25. The molecule has 6 bridgehead atoms. The molecule has 0 spiro atoms. The summed E-state index contributed by atoms with van der Waals surface area (Å²) in [6.07, 6.45) is 5.44. The van der Waals surface area contributed by atoms with Crippen LogP contribution in [0.3, 0.4) is 0 Å². The second-order valence-electron chi connectivity index (χ2n) is 10.0. The van der Waals surface area contributed by atoms with E-state index in [4.69, 9.17) is 14.6 Å². The summed E-state index contributed by atoms with van der Waals surface area (Å²) in [6.45, 7) is 1.55. The molecule has 37 heavy (non-hydrogen) atoms. The molecule has 0 radical (unpaired) electrons. The summed E-state index contributed by atoms with van der Waals surface area (Å²) in [6, 6.07) is 13.7. The molecule has 8 heteroatoms. The maximum absolute atomic E-state index is 14.2. The van der Waals surface area contributed by atoms with Gasteiger partial charge in [-0.2, -0.15) is 5.10 Å². The molecule has 3 aliphatic heterocycles. The van der Waals surface area contributed by atoms with E-state index >= 15 is 0 Å². The zero-order valence-corrected chi connectivity index (χ0v) is 21.2. The number of carbonyl (C=O) groups is 2. The van der Waals surface area contributed by atoms with E-state index in [-0.39, 0.29) is 24.5 Å². The van der Waals surface area contributed by atoms with Crippen LogP contribution >= 0.6 is 0 Å². The van der Waals surface area contributed by atoms with Crippen molar-refractivity contribution in [3.63, 3.8) is 0 Å². The third kappa shape index (κ3) is 4.56. The number of nitrogens with one attached hydrogen (secondary N) is 1. The van der Waals surface area contributed by atoms with Crippen LogP contribution in [0.25, 0.3) is 0 Å². The number of ether oxygens (including phenoxy) is 2. The molecule has 8 nitrogen and oxygen atoms in total. The number of amides is 2. The van der Waals surface area contributed by atoms with Crippen molar-refractivity contribution < 1.29 is 19.1 Å². The highest BCUT2D eigenvalue weighted by Gasteiger charge is 2.36. The predicted molar refractivity (Wildman–Crippen MR) is 138 cm³/mol. The molecule has 2 amide bonds. The van der Waals surface area contributed by atoms with Crippen molar-refractivity contribution in [3.8, 4) is 11.5 Å². The molecule has 1 aromatic heterocycles. The van der Waals surface area contributed by atoms with E-state index < -0.39 is 0 Å². The van der Waals surface area contributed by atoms with E-state index in [0.717, 1.165) is 59.4 Å². The van der Waals surface area contributed by atoms with E-state index in [1.54, 1.807) is 4.68 Å². The number of carbonyl (C=O) groups excluding carboxylic acids is 2. The first-order valence-corrected chi connectivity index (χ1v) is 13.2. The first kappa shape index (κ1) is 23.6. The molecule has 4 heterocycles. The lowest BCUT2D eigenvalue weighted by Gasteiger charge is -2.38. The standard InChI is InChI=1S/C29H32N4O4/c1-32-28(24-8-2-3-9-25(24)31-32)29(35)33-14-12-19-16-22-10-11-23(19)27(33)20-6-4-7-21(17-20)36-15-5-13-30-26(34)18-37-22/h4,6-7,10-11,16-17,27H,2-3,5,8-9,12-15,18H2,1H3,(H,30,34). The van der Waals surface area contributed by atoms with Crippen LogP contribution in [0.2, 0.25) is 0 Å². The Morgan fingerprint density at radius 3 is 2.81 bits per heavy atom. The highest BCUT2D eigenvalue weighted by Crippen LogP contribution is 2.39. The molecule has 2 aromatic carbocycles. The van der Waals surface area contributed by atoms with Gasteiger partial charge in [0.15, 0.2) is 6.61 Å². The Labute approximate surface area is 216 Å². The van der Waals surface area contributed by atoms with Crippen LogP contribution in [0.5, 0.6) is 11.5 Å². The lowest BCUT2D eigenvalue weighted by atomic mass is 9.87. The Balaban J connectivity index is 1.43. The molecule has 1 unspecified atom stereocenters. The fourth-order valence-electron chi connectivity index (χ4n) is 5.82. The first-order valence-electron chi connectivity index (χ1n) is 13.2. The van der Waals surface area contributed by atoms with Gasteiger partial charge in [0.05, 0.1) is 18.3 Å². The monoisotopic (exact) mass is 500 g/mol. The highest BCUT2D eigenvalue weighted by atomic mass is 16.5. The minimum Gasteiger partial charge on any atom is -0.494 e. The van der Waals surface area contributed by atoms with Crippen LogP contribution in [0, 0.1) is 0 Å². The Kier molecular flexibility index (Phi) is 6.32. The molecule has 1 atom stereocenters. The van der Waals surface area contributed by atoms with Gasteiger partial charge in [-0.1, -0.05) is 18.2 Å². The van der Waals surface area contributed by atoms with E-state index in [9.17, 15) is 9.59 Å². The SMILES string of the molecule is Cn1nc2c(c1C(=O)N1CCc3cc4ccc3C1c1cccc(c1)OCCCNC(=O)CO4)CCCC2. The molecule has 192 valence electrons. The van der Waals surface area contributed by atoms with Gasteiger partial charge < -0.3 is 19.7 Å². The lowest BCUT2D eigenvalue weighted by Crippen LogP contribution is -2.41. The topological polar surface area (TPSA) is 85.7 Å². The zero-order valence-electron chi connectivity index (χ0n) is 21.2. The van der Waals surface area contributed by atoms with Crippen molar-refractivity contribution in [2.45, 2.75) is 44.6 Å². The molecule has 0 fully saturated rings. The molecule has 7 rings (SSSR count). The molecule has 1 N–H and O–H groups in total. The van der Waals surface area contributed by atoms with Gasteiger partial charge in [-0.05, 0) is 79.5 Å². The second kappa shape index (κ2) is 9.92. The average molecular weight is 501 g/mol. The Morgan fingerprint density at radius 1 is 1.03 bits per heavy atom. The summed E-state index contributed by atoms with van der Waals surface area (Å²) in [4.78, 5) is 28.4. The van der Waals surface area contributed by atoms with Crippen molar-refractivity contribution in [1.82, 2.24) is 20.0 Å². The van der Waals surface area contributed by atoms with E-state index in [1.165, 1.54) is 0 Å². The van der Waals surface area contributed by atoms with Crippen LogP contribution in [0.1, 0.15) is 63.7 Å². The fourth-order valence-corrected chi connectivity index (χ4v) is 5.82. The zero-order chi connectivity index (χ0) is 25.4. The van der Waals surface area contributed by atoms with Gasteiger partial charge in [-0.15, -0.1) is 0 Å². The molecular formula is C29H32N4O4. The molecule has 0 saturated heterocycles. The Hall–Kier alpha value is -3.81. The molecular weight excluding hydrogens is 468 g/mol. The predicted octanol–water partition coefficient (Wildman–Crippen LogP) is 3.36. The van der Waals surface area contributed by atoms with Crippen LogP contribution in [-0.4, -0.2) is 52.8 Å². The number of rotatable bonds is 1. The van der Waals surface area contributed by atoms with Crippen LogP contribution < -0.4 is 14.8 Å². The summed E-state index contributed by atoms with van der Waals surface area (Å²) in [5.41, 5.74) is 6.08. The number of aromatic nitrogens is 2. The minimum atomic E-state index is -0.265. The van der Waals surface area contributed by atoms with Gasteiger partial charge in [0, 0.05) is 25.7 Å². The van der Waals surface area contributed by atoms with Gasteiger partial charge in [-0.3, -0.25) is 14.3 Å². The number of hydrogen-bond donors (Lipinski definition) is 1. The van der Waals surface area contributed by atoms with Crippen LogP contribution in [-0.2, 0) is 31.1 Å². The van der Waals surface area contributed by atoms with E-state index in [2.05, 4.69) is 11.4 Å². The quantitative estimate of drug-likeness (QED) is 0.554. The van der Waals surface area contributed by atoms with Crippen molar-refractivity contribution in [3.05, 3.63) is 76.1 Å². The normalized spacial score (nSPS) is 19.4. The molecule has 4 aliphatic rings. The van der Waals surface area contributed by atoms with Crippen LogP contribution in [0.15, 0.2) is 42.5 Å². The maximum atomic E-state index is 14.2. The maximum Gasteiger partial charge on any atom is 0.273 e. The molecule has 0 saturated carbocycles. The van der Waals surface area contributed by atoms with E-state index in [0.29, 0.717) is 44.0 Å². The lowest BCUT2D eigenvalue weighted by molar-refractivity contribution is -0.123. The number of aryl methyl sites for hydroxylation is 2. The van der Waals surface area contributed by atoms with Crippen LogP contribution in [0.4, 0.5) is 0 Å². The smallest absolute Gasteiger partial charge is 0.273 e. The first-order chi connectivity index (χ1) is 18.1. The minimum absolute atomic E-state index is 0.0199. The van der Waals surface area contributed by atoms with E-state index in [1.807, 2.05) is 48.3 Å². The summed E-state index contributed by atoms with van der Waals surface area (Å²) < 4.78 is 13.6. The fraction of sp³-hybridized carbons (Fsp3) is 0.414. The third-order valence-electron chi connectivity index (χ3n) is 7.58. The summed E-state index contributed by atoms with van der Waals surface area (Å²) in [5, 5.41) is 7.58.